The van der Waals surface area contributed by atoms with Gasteiger partial charge in [0.15, 0.2) is 0 Å². The molecule has 0 saturated carbocycles. The summed E-state index contributed by atoms with van der Waals surface area (Å²) in [5.74, 6) is -0.885. The molecule has 1 aromatic carbocycles. The van der Waals surface area contributed by atoms with E-state index in [1.165, 1.54) is 13.2 Å². The lowest BCUT2D eigenvalue weighted by atomic mass is 10.1. The van der Waals surface area contributed by atoms with Crippen molar-refractivity contribution in [3.05, 3.63) is 23.3 Å². The molecule has 0 N–H and O–H groups in total. The van der Waals surface area contributed by atoms with Gasteiger partial charge in [-0.15, -0.1) is 0 Å². The van der Waals surface area contributed by atoms with Crippen LogP contribution in [0.15, 0.2) is 17.0 Å². The van der Waals surface area contributed by atoms with E-state index in [-0.39, 0.29) is 23.5 Å². The summed E-state index contributed by atoms with van der Waals surface area (Å²) in [6, 6.07) is 3.78. The summed E-state index contributed by atoms with van der Waals surface area (Å²) in [6.45, 7) is 1.66. The molecule has 108 valence electrons. The van der Waals surface area contributed by atoms with E-state index in [1.807, 2.05) is 0 Å². The van der Waals surface area contributed by atoms with E-state index in [0.29, 0.717) is 0 Å². The Kier molecular flexibility index (Phi) is 5.27. The van der Waals surface area contributed by atoms with E-state index in [4.69, 9.17) is 14.7 Å². The van der Waals surface area contributed by atoms with Crippen molar-refractivity contribution in [1.82, 2.24) is 0 Å². The molecule has 0 spiro atoms. The lowest BCUT2D eigenvalue weighted by molar-refractivity contribution is -0.0328. The van der Waals surface area contributed by atoms with Gasteiger partial charge in [-0.05, 0) is 30.8 Å². The van der Waals surface area contributed by atoms with E-state index in [2.05, 4.69) is 0 Å². The van der Waals surface area contributed by atoms with Crippen LogP contribution in [0.3, 0.4) is 0 Å². The third kappa shape index (κ3) is 4.06. The average molecular weight is 305 g/mol. The zero-order valence-electron chi connectivity index (χ0n) is 10.6. The Balaban J connectivity index is 3.35. The van der Waals surface area contributed by atoms with Crippen LogP contribution in [0.1, 0.15) is 22.8 Å². The Hall–Kier alpha value is -1.88. The van der Waals surface area contributed by atoms with Gasteiger partial charge in [-0.2, -0.15) is 18.4 Å². The van der Waals surface area contributed by atoms with Gasteiger partial charge in [0.1, 0.15) is 17.4 Å². The second-order valence-electron chi connectivity index (χ2n) is 3.43. The second-order valence-corrected chi connectivity index (χ2v) is 4.54. The van der Waals surface area contributed by atoms with Gasteiger partial charge in [-0.25, -0.2) is 4.79 Å². The van der Waals surface area contributed by atoms with Crippen LogP contribution in [0.25, 0.3) is 0 Å². The molecule has 0 saturated heterocycles. The minimum absolute atomic E-state index is 0.0862. The van der Waals surface area contributed by atoms with Gasteiger partial charge in [0, 0.05) is 4.90 Å². The number of benzene rings is 1. The molecule has 1 aromatic rings. The average Bonchev–Trinajstić information content (AvgIpc) is 2.36. The second kappa shape index (κ2) is 6.52. The van der Waals surface area contributed by atoms with Gasteiger partial charge in [0.05, 0.1) is 19.3 Å². The van der Waals surface area contributed by atoms with Crippen LogP contribution in [0.5, 0.6) is 5.75 Å². The van der Waals surface area contributed by atoms with E-state index < -0.39 is 28.1 Å². The molecule has 4 nitrogen and oxygen atoms in total. The fraction of sp³-hybridized carbons (Fsp3) is 0.333. The molecule has 0 bridgehead atoms. The first-order valence-electron chi connectivity index (χ1n) is 5.37. The highest BCUT2D eigenvalue weighted by Crippen LogP contribution is 2.41. The first kappa shape index (κ1) is 16.2. The lowest BCUT2D eigenvalue weighted by Gasteiger charge is -2.12. The van der Waals surface area contributed by atoms with E-state index in [9.17, 15) is 18.0 Å². The molecule has 0 aliphatic carbocycles. The van der Waals surface area contributed by atoms with Crippen molar-refractivity contribution in [1.29, 1.82) is 5.26 Å². The number of esters is 1. The van der Waals surface area contributed by atoms with Crippen molar-refractivity contribution in [2.24, 2.45) is 0 Å². The maximum absolute atomic E-state index is 12.5. The maximum atomic E-state index is 12.5. The molecule has 0 unspecified atom stereocenters. The molecule has 0 radical (unpaired) electrons. The Morgan fingerprint density at radius 3 is 2.55 bits per heavy atom. The van der Waals surface area contributed by atoms with Crippen LogP contribution < -0.4 is 4.74 Å². The Labute approximate surface area is 117 Å². The molecule has 1 rings (SSSR count). The predicted molar refractivity (Wildman–Crippen MR) is 65.6 cm³/mol. The summed E-state index contributed by atoms with van der Waals surface area (Å²) in [6.07, 6.45) is 0. The summed E-state index contributed by atoms with van der Waals surface area (Å²) >= 11 is -0.479. The third-order valence-corrected chi connectivity index (χ3v) is 2.91. The number of halogens is 3. The summed E-state index contributed by atoms with van der Waals surface area (Å²) < 4.78 is 47.0. The van der Waals surface area contributed by atoms with Gasteiger partial charge in [0.25, 0.3) is 0 Å². The molecule has 0 aromatic heterocycles. The van der Waals surface area contributed by atoms with E-state index >= 15 is 0 Å². The predicted octanol–water partition coefficient (Wildman–Crippen LogP) is 3.36. The minimum atomic E-state index is -4.58. The number of carbonyl (C=O) groups is 1. The van der Waals surface area contributed by atoms with Crippen LogP contribution >= 0.6 is 11.8 Å². The fourth-order valence-corrected chi connectivity index (χ4v) is 2.08. The standard InChI is InChI=1S/C12H10F3NO3S/c1-3-19-11(17)7-4-9(18-2)8(6-16)10(5-7)20-12(13,14)15/h4-5H,3H2,1-2H3. The summed E-state index contributed by atoms with van der Waals surface area (Å²) in [7, 11) is 1.20. The maximum Gasteiger partial charge on any atom is 0.446 e. The topological polar surface area (TPSA) is 59.3 Å². The fourth-order valence-electron chi connectivity index (χ4n) is 1.40. The molecule has 0 atom stereocenters. The lowest BCUT2D eigenvalue weighted by Crippen LogP contribution is -2.07. The van der Waals surface area contributed by atoms with Crippen molar-refractivity contribution >= 4 is 17.7 Å². The van der Waals surface area contributed by atoms with Crippen LogP contribution in [-0.4, -0.2) is 25.2 Å². The Bertz CT molecular complexity index is 552. The first-order chi connectivity index (χ1) is 9.32. The van der Waals surface area contributed by atoms with Crippen molar-refractivity contribution < 1.29 is 27.4 Å². The van der Waals surface area contributed by atoms with Crippen molar-refractivity contribution in [3.8, 4) is 11.8 Å². The molecule has 0 fully saturated rings. The van der Waals surface area contributed by atoms with E-state index in [0.717, 1.165) is 6.07 Å². The van der Waals surface area contributed by atoms with Crippen LogP contribution in [-0.2, 0) is 4.74 Å². The Morgan fingerprint density at radius 1 is 1.45 bits per heavy atom. The highest BCUT2D eigenvalue weighted by molar-refractivity contribution is 8.00. The largest absolute Gasteiger partial charge is 0.495 e. The molecule has 0 amide bonds. The SMILES string of the molecule is CCOC(=O)c1cc(OC)c(C#N)c(SC(F)(F)F)c1. The number of alkyl halides is 3. The highest BCUT2D eigenvalue weighted by Gasteiger charge is 2.32. The normalized spacial score (nSPS) is 10.8. The van der Waals surface area contributed by atoms with Crippen LogP contribution in [0, 0.1) is 11.3 Å². The van der Waals surface area contributed by atoms with Gasteiger partial charge in [-0.3, -0.25) is 0 Å². The number of rotatable bonds is 4. The summed E-state index contributed by atoms with van der Waals surface area (Å²) in [5, 5.41) is 8.93. The molecule has 20 heavy (non-hydrogen) atoms. The first-order valence-corrected chi connectivity index (χ1v) is 6.19. The number of carbonyl (C=O) groups excluding carboxylic acids is 1. The summed E-state index contributed by atoms with van der Waals surface area (Å²) in [4.78, 5) is 11.2. The number of nitriles is 1. The van der Waals surface area contributed by atoms with Crippen molar-refractivity contribution in [2.75, 3.05) is 13.7 Å². The van der Waals surface area contributed by atoms with Crippen molar-refractivity contribution in [2.45, 2.75) is 17.3 Å². The molecular formula is C12H10F3NO3S. The number of hydrogen-bond donors (Lipinski definition) is 0. The van der Waals surface area contributed by atoms with Gasteiger partial charge in [0.2, 0.25) is 0 Å². The zero-order valence-corrected chi connectivity index (χ0v) is 11.4. The number of ether oxygens (including phenoxy) is 2. The zero-order chi connectivity index (χ0) is 15.3. The summed E-state index contributed by atoms with van der Waals surface area (Å²) in [5.41, 5.74) is -4.96. The quantitative estimate of drug-likeness (QED) is 0.630. The minimum Gasteiger partial charge on any atom is -0.495 e. The Morgan fingerprint density at radius 2 is 2.10 bits per heavy atom. The number of thioether (sulfide) groups is 1. The molecule has 0 heterocycles. The molecule has 0 aliphatic heterocycles. The number of nitrogens with zero attached hydrogens (tertiary/aromatic N) is 1. The van der Waals surface area contributed by atoms with Gasteiger partial charge < -0.3 is 9.47 Å². The van der Waals surface area contributed by atoms with Crippen LogP contribution in [0.4, 0.5) is 13.2 Å². The molecule has 0 aliphatic rings. The monoisotopic (exact) mass is 305 g/mol. The number of methoxy groups -OCH3 is 1. The smallest absolute Gasteiger partial charge is 0.446 e. The van der Waals surface area contributed by atoms with E-state index in [1.54, 1.807) is 13.0 Å². The number of hydrogen-bond acceptors (Lipinski definition) is 5. The van der Waals surface area contributed by atoms with Gasteiger partial charge in [-0.1, -0.05) is 0 Å². The molecule has 8 heteroatoms. The van der Waals surface area contributed by atoms with Gasteiger partial charge >= 0.3 is 11.5 Å². The third-order valence-electron chi connectivity index (χ3n) is 2.13. The van der Waals surface area contributed by atoms with Crippen molar-refractivity contribution in [3.63, 3.8) is 0 Å². The molecular weight excluding hydrogens is 295 g/mol. The van der Waals surface area contributed by atoms with Crippen LogP contribution in [0.2, 0.25) is 0 Å². The highest BCUT2D eigenvalue weighted by atomic mass is 32.2.